The molecule has 4 rings (SSSR count). The van der Waals surface area contributed by atoms with Gasteiger partial charge >= 0.3 is 0 Å². The Morgan fingerprint density at radius 2 is 1.46 bits per heavy atom. The first-order chi connectivity index (χ1) is 12.8. The van der Waals surface area contributed by atoms with Crippen LogP contribution in [0.25, 0.3) is 11.6 Å². The summed E-state index contributed by atoms with van der Waals surface area (Å²) in [5, 5.41) is 0. The number of ether oxygens (including phenoxy) is 1. The highest BCUT2D eigenvalue weighted by Gasteiger charge is 2.26. The van der Waals surface area contributed by atoms with Crippen molar-refractivity contribution in [1.82, 2.24) is 0 Å². The van der Waals surface area contributed by atoms with Crippen LogP contribution in [0.2, 0.25) is 0 Å². The van der Waals surface area contributed by atoms with Gasteiger partial charge in [0, 0.05) is 24.0 Å². The van der Waals surface area contributed by atoms with Crippen LogP contribution in [0.1, 0.15) is 23.1 Å². The SMILES string of the molecule is O=C(Cc1ccccc1)CC1Oc2ccccc2C=C1c1ccccc1. The van der Waals surface area contributed by atoms with Crippen LogP contribution in [0.5, 0.6) is 5.75 Å². The van der Waals surface area contributed by atoms with Crippen LogP contribution < -0.4 is 4.74 Å². The summed E-state index contributed by atoms with van der Waals surface area (Å²) in [6, 6.07) is 28.0. The van der Waals surface area contributed by atoms with E-state index in [1.165, 1.54) is 0 Å². The Kier molecular flexibility index (Phi) is 4.65. The van der Waals surface area contributed by atoms with Gasteiger partial charge in [-0.15, -0.1) is 0 Å². The molecule has 3 aromatic carbocycles. The van der Waals surface area contributed by atoms with Gasteiger partial charge in [-0.1, -0.05) is 78.9 Å². The molecule has 0 N–H and O–H groups in total. The van der Waals surface area contributed by atoms with E-state index in [4.69, 9.17) is 4.74 Å². The second-order valence-electron chi connectivity index (χ2n) is 6.52. The van der Waals surface area contributed by atoms with Gasteiger partial charge in [0.25, 0.3) is 0 Å². The molecular formula is C24H20O2. The second-order valence-corrected chi connectivity index (χ2v) is 6.52. The van der Waals surface area contributed by atoms with Crippen LogP contribution >= 0.6 is 0 Å². The van der Waals surface area contributed by atoms with Crippen molar-refractivity contribution in [2.24, 2.45) is 0 Å². The molecule has 0 fully saturated rings. The predicted octanol–water partition coefficient (Wildman–Crippen LogP) is 5.19. The minimum absolute atomic E-state index is 0.183. The van der Waals surface area contributed by atoms with Crippen molar-refractivity contribution < 1.29 is 9.53 Å². The van der Waals surface area contributed by atoms with Crippen LogP contribution in [0, 0.1) is 0 Å². The molecule has 1 aliphatic rings. The van der Waals surface area contributed by atoms with Crippen LogP contribution in [0.4, 0.5) is 0 Å². The Labute approximate surface area is 153 Å². The zero-order valence-electron chi connectivity index (χ0n) is 14.5. The molecular weight excluding hydrogens is 320 g/mol. The summed E-state index contributed by atoms with van der Waals surface area (Å²) >= 11 is 0. The fourth-order valence-electron chi connectivity index (χ4n) is 3.34. The summed E-state index contributed by atoms with van der Waals surface area (Å²) in [7, 11) is 0. The topological polar surface area (TPSA) is 26.3 Å². The summed E-state index contributed by atoms with van der Waals surface area (Å²) in [6.07, 6.45) is 2.69. The normalized spacial score (nSPS) is 15.5. The first-order valence-electron chi connectivity index (χ1n) is 8.88. The highest BCUT2D eigenvalue weighted by atomic mass is 16.5. The third-order valence-electron chi connectivity index (χ3n) is 4.61. The fourth-order valence-corrected chi connectivity index (χ4v) is 3.34. The van der Waals surface area contributed by atoms with Gasteiger partial charge < -0.3 is 4.74 Å². The number of hydrogen-bond acceptors (Lipinski definition) is 2. The second kappa shape index (κ2) is 7.40. The number of para-hydroxylation sites is 1. The van der Waals surface area contributed by atoms with E-state index >= 15 is 0 Å². The molecule has 128 valence electrons. The standard InChI is InChI=1S/C24H20O2/c25-21(15-18-9-3-1-4-10-18)17-24-22(19-11-5-2-6-12-19)16-20-13-7-8-14-23(20)26-24/h1-14,16,24H,15,17H2. The summed E-state index contributed by atoms with van der Waals surface area (Å²) in [6.45, 7) is 0. The van der Waals surface area contributed by atoms with Crippen molar-refractivity contribution in [1.29, 1.82) is 0 Å². The molecule has 1 unspecified atom stereocenters. The molecule has 0 saturated carbocycles. The summed E-state index contributed by atoms with van der Waals surface area (Å²) < 4.78 is 6.22. The van der Waals surface area contributed by atoms with Gasteiger partial charge in [-0.05, 0) is 23.3 Å². The van der Waals surface area contributed by atoms with Gasteiger partial charge in [0.15, 0.2) is 0 Å². The third-order valence-corrected chi connectivity index (χ3v) is 4.61. The number of Topliss-reactive ketones (excluding diaryl/α,β-unsaturated/α-hetero) is 1. The van der Waals surface area contributed by atoms with E-state index in [0.717, 1.165) is 28.0 Å². The minimum atomic E-state index is -0.261. The lowest BCUT2D eigenvalue weighted by Gasteiger charge is -2.27. The number of ketones is 1. The van der Waals surface area contributed by atoms with E-state index in [1.807, 2.05) is 72.8 Å². The quantitative estimate of drug-likeness (QED) is 0.639. The lowest BCUT2D eigenvalue weighted by atomic mass is 9.91. The fraction of sp³-hybridized carbons (Fsp3) is 0.125. The molecule has 0 saturated heterocycles. The molecule has 0 bridgehead atoms. The van der Waals surface area contributed by atoms with E-state index in [2.05, 4.69) is 18.2 Å². The zero-order chi connectivity index (χ0) is 17.8. The molecule has 1 heterocycles. The lowest BCUT2D eigenvalue weighted by molar-refractivity contribution is -0.119. The average Bonchev–Trinajstić information content (AvgIpc) is 2.69. The average molecular weight is 340 g/mol. The monoisotopic (exact) mass is 340 g/mol. The van der Waals surface area contributed by atoms with Crippen LogP contribution in [-0.4, -0.2) is 11.9 Å². The minimum Gasteiger partial charge on any atom is -0.485 e. The number of carbonyl (C=O) groups is 1. The summed E-state index contributed by atoms with van der Waals surface area (Å²) in [5.74, 6) is 1.02. The largest absolute Gasteiger partial charge is 0.485 e. The summed E-state index contributed by atoms with van der Waals surface area (Å²) in [5.41, 5.74) is 4.25. The van der Waals surface area contributed by atoms with Gasteiger partial charge in [0.05, 0.1) is 0 Å². The smallest absolute Gasteiger partial charge is 0.141 e. The van der Waals surface area contributed by atoms with Crippen LogP contribution in [0.3, 0.4) is 0 Å². The molecule has 1 atom stereocenters. The highest BCUT2D eigenvalue weighted by Crippen LogP contribution is 2.35. The number of rotatable bonds is 5. The molecule has 0 aromatic heterocycles. The van der Waals surface area contributed by atoms with E-state index in [0.29, 0.717) is 12.8 Å². The predicted molar refractivity (Wildman–Crippen MR) is 105 cm³/mol. The number of benzene rings is 3. The number of fused-ring (bicyclic) bond motifs is 1. The molecule has 0 amide bonds. The lowest BCUT2D eigenvalue weighted by Crippen LogP contribution is -2.26. The molecule has 0 spiro atoms. The molecule has 0 aliphatic carbocycles. The Balaban J connectivity index is 1.60. The Hall–Kier alpha value is -3.13. The van der Waals surface area contributed by atoms with Crippen molar-refractivity contribution in [3.8, 4) is 5.75 Å². The first kappa shape index (κ1) is 16.3. The maximum absolute atomic E-state index is 12.7. The van der Waals surface area contributed by atoms with Crippen LogP contribution in [-0.2, 0) is 11.2 Å². The van der Waals surface area contributed by atoms with Gasteiger partial charge in [-0.25, -0.2) is 0 Å². The molecule has 0 radical (unpaired) electrons. The van der Waals surface area contributed by atoms with Gasteiger partial charge in [-0.3, -0.25) is 4.79 Å². The van der Waals surface area contributed by atoms with Gasteiger partial charge in [0.1, 0.15) is 17.6 Å². The molecule has 2 nitrogen and oxygen atoms in total. The van der Waals surface area contributed by atoms with Crippen molar-refractivity contribution in [3.63, 3.8) is 0 Å². The van der Waals surface area contributed by atoms with Gasteiger partial charge in [-0.2, -0.15) is 0 Å². The molecule has 3 aromatic rings. The molecule has 1 aliphatic heterocycles. The Morgan fingerprint density at radius 1 is 0.808 bits per heavy atom. The van der Waals surface area contributed by atoms with E-state index in [9.17, 15) is 4.79 Å². The maximum Gasteiger partial charge on any atom is 0.141 e. The van der Waals surface area contributed by atoms with Gasteiger partial charge in [0.2, 0.25) is 0 Å². The first-order valence-corrected chi connectivity index (χ1v) is 8.88. The van der Waals surface area contributed by atoms with E-state index in [-0.39, 0.29) is 11.9 Å². The van der Waals surface area contributed by atoms with E-state index < -0.39 is 0 Å². The van der Waals surface area contributed by atoms with Crippen molar-refractivity contribution in [2.45, 2.75) is 18.9 Å². The van der Waals surface area contributed by atoms with E-state index in [1.54, 1.807) is 0 Å². The summed E-state index contributed by atoms with van der Waals surface area (Å²) in [4.78, 5) is 12.7. The third kappa shape index (κ3) is 3.60. The Morgan fingerprint density at radius 3 is 2.23 bits per heavy atom. The zero-order valence-corrected chi connectivity index (χ0v) is 14.5. The highest BCUT2D eigenvalue weighted by molar-refractivity contribution is 5.91. The maximum atomic E-state index is 12.7. The number of hydrogen-bond donors (Lipinski definition) is 0. The Bertz CT molecular complexity index is 927. The van der Waals surface area contributed by atoms with Crippen molar-refractivity contribution in [3.05, 3.63) is 102 Å². The number of carbonyl (C=O) groups excluding carboxylic acids is 1. The molecule has 26 heavy (non-hydrogen) atoms. The van der Waals surface area contributed by atoms with Crippen molar-refractivity contribution >= 4 is 17.4 Å². The molecule has 2 heteroatoms. The van der Waals surface area contributed by atoms with Crippen LogP contribution in [0.15, 0.2) is 84.9 Å². The van der Waals surface area contributed by atoms with Crippen molar-refractivity contribution in [2.75, 3.05) is 0 Å².